The van der Waals surface area contributed by atoms with Crippen molar-refractivity contribution < 1.29 is 22.6 Å². The fourth-order valence-corrected chi connectivity index (χ4v) is 3.13. The van der Waals surface area contributed by atoms with Gasteiger partial charge in [-0.25, -0.2) is 13.2 Å². The van der Waals surface area contributed by atoms with Gasteiger partial charge >= 0.3 is 0 Å². The summed E-state index contributed by atoms with van der Waals surface area (Å²) in [6.45, 7) is 1.55. The zero-order chi connectivity index (χ0) is 19.4. The molecule has 28 heavy (non-hydrogen) atoms. The number of hydrogen-bond acceptors (Lipinski definition) is 4. The molecule has 0 aliphatic carbocycles. The Morgan fingerprint density at radius 1 is 1.25 bits per heavy atom. The van der Waals surface area contributed by atoms with Crippen LogP contribution in [0, 0.1) is 5.82 Å². The van der Waals surface area contributed by atoms with Crippen LogP contribution in [0.5, 0.6) is 5.75 Å². The van der Waals surface area contributed by atoms with Gasteiger partial charge in [0.05, 0.1) is 6.61 Å². The number of nitrogens with zero attached hydrogens (tertiary/aromatic N) is 1. The number of halogens is 4. The third-order valence-corrected chi connectivity index (χ3v) is 4.37. The number of nitrogens with two attached hydrogens (primary N) is 1. The van der Waals surface area contributed by atoms with E-state index in [0.717, 1.165) is 11.1 Å². The smallest absolute Gasteiger partial charge is 0.272 e. The minimum absolute atomic E-state index is 0. The van der Waals surface area contributed by atoms with Crippen molar-refractivity contribution in [2.75, 3.05) is 19.8 Å². The highest BCUT2D eigenvalue weighted by Gasteiger charge is 2.32. The lowest BCUT2D eigenvalue weighted by Gasteiger charge is -2.30. The van der Waals surface area contributed by atoms with E-state index in [0.29, 0.717) is 23.6 Å². The number of amidine groups is 1. The van der Waals surface area contributed by atoms with E-state index in [2.05, 4.69) is 4.99 Å². The van der Waals surface area contributed by atoms with Crippen molar-refractivity contribution in [1.82, 2.24) is 0 Å². The molecule has 0 spiro atoms. The molecule has 0 aromatic heterocycles. The van der Waals surface area contributed by atoms with Crippen molar-refractivity contribution in [3.8, 4) is 5.75 Å². The zero-order valence-corrected chi connectivity index (χ0v) is 16.1. The minimum Gasteiger partial charge on any atom is -0.487 e. The van der Waals surface area contributed by atoms with Gasteiger partial charge in [-0.15, -0.1) is 12.4 Å². The summed E-state index contributed by atoms with van der Waals surface area (Å²) in [4.78, 5) is 4.38. The number of hydrogen-bond donors (Lipinski definition) is 1. The van der Waals surface area contributed by atoms with E-state index < -0.39 is 24.4 Å². The van der Waals surface area contributed by atoms with Gasteiger partial charge in [-0.05, 0) is 30.2 Å². The summed E-state index contributed by atoms with van der Waals surface area (Å²) >= 11 is 0. The standard InChI is InChI=1S/C20H21F3N2O2.ClH/c1-20(12-26-11-19(24)25-20)15-9-13(6-7-16(15)21)8-14-4-2-3-5-17(14)27-10-18(22)23;/h2-7,9,18H,8,10-12H2,1H3,(H2,24,25);1H/t20-;/m0./s1. The van der Waals surface area contributed by atoms with Gasteiger partial charge in [0.25, 0.3) is 6.43 Å². The maximum atomic E-state index is 14.5. The van der Waals surface area contributed by atoms with Crippen molar-refractivity contribution in [2.45, 2.75) is 25.3 Å². The first kappa shape index (κ1) is 22.0. The lowest BCUT2D eigenvalue weighted by Crippen LogP contribution is -2.38. The van der Waals surface area contributed by atoms with Gasteiger partial charge in [-0.1, -0.05) is 30.3 Å². The van der Waals surface area contributed by atoms with E-state index in [-0.39, 0.29) is 25.6 Å². The maximum absolute atomic E-state index is 14.5. The molecule has 0 bridgehead atoms. The fourth-order valence-electron chi connectivity index (χ4n) is 3.13. The van der Waals surface area contributed by atoms with E-state index in [1.165, 1.54) is 6.07 Å². The van der Waals surface area contributed by atoms with Gasteiger partial charge in [-0.2, -0.15) is 0 Å². The number of ether oxygens (including phenoxy) is 2. The first-order valence-electron chi connectivity index (χ1n) is 8.57. The van der Waals surface area contributed by atoms with E-state index in [9.17, 15) is 13.2 Å². The van der Waals surface area contributed by atoms with E-state index in [4.69, 9.17) is 15.2 Å². The molecule has 0 fully saturated rings. The average molecular weight is 415 g/mol. The normalized spacial score (nSPS) is 19.1. The third kappa shape index (κ3) is 5.17. The van der Waals surface area contributed by atoms with Gasteiger partial charge < -0.3 is 15.2 Å². The summed E-state index contributed by atoms with van der Waals surface area (Å²) in [7, 11) is 0. The van der Waals surface area contributed by atoms with Crippen LogP contribution in [0.3, 0.4) is 0 Å². The van der Waals surface area contributed by atoms with E-state index in [1.54, 1.807) is 43.3 Å². The maximum Gasteiger partial charge on any atom is 0.272 e. The van der Waals surface area contributed by atoms with E-state index in [1.807, 2.05) is 0 Å². The summed E-state index contributed by atoms with van der Waals surface area (Å²) in [6.07, 6.45) is -2.15. The first-order chi connectivity index (χ1) is 12.9. The first-order valence-corrected chi connectivity index (χ1v) is 8.57. The van der Waals surface area contributed by atoms with Crippen LogP contribution in [-0.4, -0.2) is 32.1 Å². The molecule has 8 heteroatoms. The van der Waals surface area contributed by atoms with Crippen LogP contribution in [-0.2, 0) is 16.7 Å². The number of alkyl halides is 2. The van der Waals surface area contributed by atoms with Crippen molar-refractivity contribution in [3.63, 3.8) is 0 Å². The zero-order valence-electron chi connectivity index (χ0n) is 15.3. The van der Waals surface area contributed by atoms with Crippen molar-refractivity contribution in [1.29, 1.82) is 0 Å². The average Bonchev–Trinajstić information content (AvgIpc) is 2.62. The molecular formula is C20H22ClF3N2O2. The number of rotatable bonds is 6. The SMILES string of the molecule is C[C@@]1(c2cc(Cc3ccccc3OCC(F)F)ccc2F)COCC(N)=N1.Cl. The molecule has 3 rings (SSSR count). The van der Waals surface area contributed by atoms with Crippen LogP contribution in [0.25, 0.3) is 0 Å². The summed E-state index contributed by atoms with van der Waals surface area (Å²) in [5.74, 6) is 0.308. The monoisotopic (exact) mass is 414 g/mol. The molecule has 0 unspecified atom stereocenters. The summed E-state index contributed by atoms with van der Waals surface area (Å²) in [5, 5.41) is 0. The molecule has 2 aromatic carbocycles. The number of para-hydroxylation sites is 1. The summed E-state index contributed by atoms with van der Waals surface area (Å²) in [5.41, 5.74) is 6.78. The molecule has 1 aliphatic heterocycles. The lowest BCUT2D eigenvalue weighted by molar-refractivity contribution is 0.0815. The van der Waals surface area contributed by atoms with Crippen LogP contribution in [0.4, 0.5) is 13.2 Å². The van der Waals surface area contributed by atoms with Crippen molar-refractivity contribution in [3.05, 3.63) is 65.0 Å². The van der Waals surface area contributed by atoms with Gasteiger partial charge in [-0.3, -0.25) is 4.99 Å². The van der Waals surface area contributed by atoms with Crippen LogP contribution >= 0.6 is 12.4 Å². The van der Waals surface area contributed by atoms with Crippen molar-refractivity contribution in [2.24, 2.45) is 10.7 Å². The molecule has 4 nitrogen and oxygen atoms in total. The lowest BCUT2D eigenvalue weighted by atomic mass is 9.89. The Hall–Kier alpha value is -2.25. The molecular weight excluding hydrogens is 393 g/mol. The van der Waals surface area contributed by atoms with Gasteiger partial charge in [0.15, 0.2) is 0 Å². The Morgan fingerprint density at radius 2 is 2.00 bits per heavy atom. The number of aliphatic imine (C=N–C) groups is 1. The molecule has 2 N–H and O–H groups in total. The largest absolute Gasteiger partial charge is 0.487 e. The fraction of sp³-hybridized carbons (Fsp3) is 0.350. The second-order valence-corrected chi connectivity index (χ2v) is 6.67. The van der Waals surface area contributed by atoms with Gasteiger partial charge in [0.1, 0.15) is 36.2 Å². The quantitative estimate of drug-likeness (QED) is 0.774. The Labute approximate surface area is 168 Å². The van der Waals surface area contributed by atoms with Crippen LogP contribution < -0.4 is 10.5 Å². The molecule has 2 aromatic rings. The number of benzene rings is 2. The Kier molecular flexibility index (Phi) is 7.32. The summed E-state index contributed by atoms with van der Waals surface area (Å²) < 4.78 is 50.0. The molecule has 1 heterocycles. The predicted molar refractivity (Wildman–Crippen MR) is 104 cm³/mol. The molecule has 1 atom stereocenters. The van der Waals surface area contributed by atoms with E-state index >= 15 is 0 Å². The molecule has 1 aliphatic rings. The molecule has 0 radical (unpaired) electrons. The highest BCUT2D eigenvalue weighted by atomic mass is 35.5. The summed E-state index contributed by atoms with van der Waals surface area (Å²) in [6, 6.07) is 11.7. The Balaban J connectivity index is 0.00000280. The van der Waals surface area contributed by atoms with Crippen LogP contribution in [0.1, 0.15) is 23.6 Å². The highest BCUT2D eigenvalue weighted by Crippen LogP contribution is 2.32. The second kappa shape index (κ2) is 9.30. The minimum atomic E-state index is -2.55. The topological polar surface area (TPSA) is 56.8 Å². The molecule has 0 saturated heterocycles. The predicted octanol–water partition coefficient (Wildman–Crippen LogP) is 4.08. The molecule has 152 valence electrons. The molecule has 0 saturated carbocycles. The van der Waals surface area contributed by atoms with Crippen molar-refractivity contribution >= 4 is 18.2 Å². The van der Waals surface area contributed by atoms with Crippen LogP contribution in [0.2, 0.25) is 0 Å². The Morgan fingerprint density at radius 3 is 2.71 bits per heavy atom. The van der Waals surface area contributed by atoms with Gasteiger partial charge in [0, 0.05) is 12.0 Å². The van der Waals surface area contributed by atoms with Gasteiger partial charge in [0.2, 0.25) is 0 Å². The highest BCUT2D eigenvalue weighted by molar-refractivity contribution is 5.85. The molecule has 0 amide bonds. The van der Waals surface area contributed by atoms with Crippen LogP contribution in [0.15, 0.2) is 47.5 Å². The third-order valence-electron chi connectivity index (χ3n) is 4.37. The Bertz CT molecular complexity index is 848. The second-order valence-electron chi connectivity index (χ2n) is 6.67.